The second-order valence-electron chi connectivity index (χ2n) is 5.64. The SMILES string of the molecule is COc1ccccc1NC(=O)CCc1ccc(C(C)C)cc1. The molecule has 0 saturated heterocycles. The molecule has 0 bridgehead atoms. The summed E-state index contributed by atoms with van der Waals surface area (Å²) < 4.78 is 5.23. The molecular formula is C19H23NO2. The summed E-state index contributed by atoms with van der Waals surface area (Å²) in [5, 5.41) is 2.90. The number of anilines is 1. The molecule has 0 aliphatic carbocycles. The van der Waals surface area contributed by atoms with Crippen LogP contribution in [0.3, 0.4) is 0 Å². The summed E-state index contributed by atoms with van der Waals surface area (Å²) in [7, 11) is 1.60. The smallest absolute Gasteiger partial charge is 0.224 e. The van der Waals surface area contributed by atoms with Crippen molar-refractivity contribution in [3.05, 3.63) is 59.7 Å². The summed E-state index contributed by atoms with van der Waals surface area (Å²) in [6.45, 7) is 4.35. The van der Waals surface area contributed by atoms with Crippen molar-refractivity contribution in [1.82, 2.24) is 0 Å². The number of hydrogen-bond acceptors (Lipinski definition) is 2. The van der Waals surface area contributed by atoms with Crippen LogP contribution in [0.4, 0.5) is 5.69 Å². The molecule has 0 saturated carbocycles. The monoisotopic (exact) mass is 297 g/mol. The number of nitrogens with one attached hydrogen (secondary N) is 1. The first-order chi connectivity index (χ1) is 10.6. The van der Waals surface area contributed by atoms with Gasteiger partial charge in [-0.3, -0.25) is 4.79 Å². The zero-order valence-corrected chi connectivity index (χ0v) is 13.4. The Hall–Kier alpha value is -2.29. The van der Waals surface area contributed by atoms with E-state index in [-0.39, 0.29) is 5.91 Å². The van der Waals surface area contributed by atoms with Crippen LogP contribution in [0.2, 0.25) is 0 Å². The third-order valence-electron chi connectivity index (χ3n) is 3.67. The van der Waals surface area contributed by atoms with Gasteiger partial charge in [0.15, 0.2) is 0 Å². The van der Waals surface area contributed by atoms with Crippen LogP contribution in [0.1, 0.15) is 37.3 Å². The molecule has 0 unspecified atom stereocenters. The van der Waals surface area contributed by atoms with E-state index in [1.54, 1.807) is 7.11 Å². The van der Waals surface area contributed by atoms with E-state index in [0.29, 0.717) is 23.8 Å². The van der Waals surface area contributed by atoms with Crippen LogP contribution in [-0.2, 0) is 11.2 Å². The highest BCUT2D eigenvalue weighted by Crippen LogP contribution is 2.23. The largest absolute Gasteiger partial charge is 0.495 e. The topological polar surface area (TPSA) is 38.3 Å². The zero-order valence-electron chi connectivity index (χ0n) is 13.4. The number of ether oxygens (including phenoxy) is 1. The minimum absolute atomic E-state index is 0.00237. The molecule has 116 valence electrons. The molecule has 0 heterocycles. The summed E-state index contributed by atoms with van der Waals surface area (Å²) in [6.07, 6.45) is 1.19. The van der Waals surface area contributed by atoms with Crippen LogP contribution in [0.25, 0.3) is 0 Å². The molecule has 2 aromatic rings. The van der Waals surface area contributed by atoms with Gasteiger partial charge in [0, 0.05) is 6.42 Å². The second kappa shape index (κ2) is 7.64. The van der Waals surface area contributed by atoms with Crippen LogP contribution < -0.4 is 10.1 Å². The molecule has 3 heteroatoms. The molecule has 0 spiro atoms. The normalized spacial score (nSPS) is 10.5. The van der Waals surface area contributed by atoms with Gasteiger partial charge in [-0.2, -0.15) is 0 Å². The highest BCUT2D eigenvalue weighted by atomic mass is 16.5. The molecule has 1 amide bonds. The molecular weight excluding hydrogens is 274 g/mol. The summed E-state index contributed by atoms with van der Waals surface area (Å²) >= 11 is 0. The zero-order chi connectivity index (χ0) is 15.9. The molecule has 0 fully saturated rings. The number of hydrogen-bond donors (Lipinski definition) is 1. The van der Waals surface area contributed by atoms with Gasteiger partial charge < -0.3 is 10.1 Å². The Balaban J connectivity index is 1.90. The average molecular weight is 297 g/mol. The van der Waals surface area contributed by atoms with Crippen molar-refractivity contribution in [1.29, 1.82) is 0 Å². The van der Waals surface area contributed by atoms with Crippen molar-refractivity contribution in [2.24, 2.45) is 0 Å². The van der Waals surface area contributed by atoms with Gasteiger partial charge in [0.05, 0.1) is 12.8 Å². The predicted octanol–water partition coefficient (Wildman–Crippen LogP) is 4.39. The van der Waals surface area contributed by atoms with E-state index >= 15 is 0 Å². The first kappa shape index (κ1) is 16.1. The number of carbonyl (C=O) groups is 1. The highest BCUT2D eigenvalue weighted by molar-refractivity contribution is 5.92. The summed E-state index contributed by atoms with van der Waals surface area (Å²) in [6, 6.07) is 15.9. The highest BCUT2D eigenvalue weighted by Gasteiger charge is 2.07. The molecule has 1 N–H and O–H groups in total. The quantitative estimate of drug-likeness (QED) is 0.858. The second-order valence-corrected chi connectivity index (χ2v) is 5.64. The molecule has 0 atom stereocenters. The Morgan fingerprint density at radius 3 is 2.41 bits per heavy atom. The minimum Gasteiger partial charge on any atom is -0.495 e. The van der Waals surface area contributed by atoms with E-state index in [1.807, 2.05) is 24.3 Å². The standard InChI is InChI=1S/C19H23NO2/c1-14(2)16-11-8-15(9-12-16)10-13-19(21)20-17-6-4-5-7-18(17)22-3/h4-9,11-12,14H,10,13H2,1-3H3,(H,20,21). The van der Waals surface area contributed by atoms with E-state index in [1.165, 1.54) is 11.1 Å². The molecule has 0 aromatic heterocycles. The predicted molar refractivity (Wildman–Crippen MR) is 90.5 cm³/mol. The van der Waals surface area contributed by atoms with Crippen molar-refractivity contribution in [2.45, 2.75) is 32.6 Å². The van der Waals surface area contributed by atoms with Crippen molar-refractivity contribution < 1.29 is 9.53 Å². The van der Waals surface area contributed by atoms with Gasteiger partial charge in [-0.25, -0.2) is 0 Å². The van der Waals surface area contributed by atoms with Crippen LogP contribution in [0, 0.1) is 0 Å². The van der Waals surface area contributed by atoms with Gasteiger partial charge >= 0.3 is 0 Å². The van der Waals surface area contributed by atoms with Crippen LogP contribution in [-0.4, -0.2) is 13.0 Å². The Morgan fingerprint density at radius 1 is 1.09 bits per heavy atom. The van der Waals surface area contributed by atoms with Crippen LogP contribution in [0.15, 0.2) is 48.5 Å². The number of rotatable bonds is 6. The lowest BCUT2D eigenvalue weighted by Gasteiger charge is -2.10. The minimum atomic E-state index is -0.00237. The van der Waals surface area contributed by atoms with E-state index in [4.69, 9.17) is 4.74 Å². The number of carbonyl (C=O) groups excluding carboxylic acids is 1. The van der Waals surface area contributed by atoms with Crippen LogP contribution in [0.5, 0.6) is 5.75 Å². The fourth-order valence-electron chi connectivity index (χ4n) is 2.29. The number of amides is 1. The third-order valence-corrected chi connectivity index (χ3v) is 3.67. The molecule has 2 rings (SSSR count). The number of methoxy groups -OCH3 is 1. The molecule has 0 aliphatic rings. The maximum atomic E-state index is 12.1. The van der Waals surface area contributed by atoms with E-state index < -0.39 is 0 Å². The van der Waals surface area contributed by atoms with Crippen molar-refractivity contribution >= 4 is 11.6 Å². The van der Waals surface area contributed by atoms with Gasteiger partial charge in [0.1, 0.15) is 5.75 Å². The van der Waals surface area contributed by atoms with Gasteiger partial charge in [-0.15, -0.1) is 0 Å². The fourth-order valence-corrected chi connectivity index (χ4v) is 2.29. The van der Waals surface area contributed by atoms with Crippen molar-refractivity contribution in [2.75, 3.05) is 12.4 Å². The Labute approximate surface area is 132 Å². The first-order valence-corrected chi connectivity index (χ1v) is 7.62. The van der Waals surface area contributed by atoms with Crippen molar-refractivity contribution in [3.63, 3.8) is 0 Å². The van der Waals surface area contributed by atoms with E-state index in [9.17, 15) is 4.79 Å². The summed E-state index contributed by atoms with van der Waals surface area (Å²) in [5.74, 6) is 1.21. The summed E-state index contributed by atoms with van der Waals surface area (Å²) in [5.41, 5.74) is 3.21. The maximum absolute atomic E-state index is 12.1. The van der Waals surface area contributed by atoms with E-state index in [0.717, 1.165) is 6.42 Å². The number of para-hydroxylation sites is 2. The fraction of sp³-hybridized carbons (Fsp3) is 0.316. The Kier molecular flexibility index (Phi) is 5.59. The molecule has 3 nitrogen and oxygen atoms in total. The Bertz CT molecular complexity index is 618. The number of benzene rings is 2. The Morgan fingerprint density at radius 2 is 1.77 bits per heavy atom. The maximum Gasteiger partial charge on any atom is 0.224 e. The van der Waals surface area contributed by atoms with Crippen LogP contribution >= 0.6 is 0 Å². The lowest BCUT2D eigenvalue weighted by atomic mass is 10.0. The first-order valence-electron chi connectivity index (χ1n) is 7.62. The third kappa shape index (κ3) is 4.35. The number of aryl methyl sites for hydroxylation is 1. The lowest BCUT2D eigenvalue weighted by Crippen LogP contribution is -2.13. The van der Waals surface area contributed by atoms with Crippen molar-refractivity contribution in [3.8, 4) is 5.75 Å². The van der Waals surface area contributed by atoms with Gasteiger partial charge in [0.2, 0.25) is 5.91 Å². The van der Waals surface area contributed by atoms with Gasteiger partial charge in [-0.1, -0.05) is 50.2 Å². The van der Waals surface area contributed by atoms with E-state index in [2.05, 4.69) is 43.4 Å². The molecule has 22 heavy (non-hydrogen) atoms. The average Bonchev–Trinajstić information content (AvgIpc) is 2.54. The summed E-state index contributed by atoms with van der Waals surface area (Å²) in [4.78, 5) is 12.1. The molecule has 0 radical (unpaired) electrons. The van der Waals surface area contributed by atoms with Gasteiger partial charge in [-0.05, 0) is 35.6 Å². The molecule has 2 aromatic carbocycles. The lowest BCUT2D eigenvalue weighted by molar-refractivity contribution is -0.116. The molecule has 0 aliphatic heterocycles. The van der Waals surface area contributed by atoms with Gasteiger partial charge in [0.25, 0.3) is 0 Å².